The Morgan fingerprint density at radius 2 is 1.39 bits per heavy atom. The minimum absolute atomic E-state index is 0.140. The van der Waals surface area contributed by atoms with Gasteiger partial charge in [-0.3, -0.25) is 4.79 Å². The average Bonchev–Trinajstić information content (AvgIpc) is 2.95. The first-order valence-corrected chi connectivity index (χ1v) is 11.8. The van der Waals surface area contributed by atoms with Crippen molar-refractivity contribution in [2.75, 3.05) is 5.75 Å². The SMILES string of the molecule is CC(C)(C)S(=O)(=O)CCCCCC(=O)CC1c2ccccc2-c2ccccc21. The van der Waals surface area contributed by atoms with Gasteiger partial charge in [0.25, 0.3) is 0 Å². The van der Waals surface area contributed by atoms with E-state index in [2.05, 4.69) is 24.3 Å². The summed E-state index contributed by atoms with van der Waals surface area (Å²) in [6.07, 6.45) is 3.21. The largest absolute Gasteiger partial charge is 0.300 e. The van der Waals surface area contributed by atoms with Gasteiger partial charge < -0.3 is 0 Å². The Labute approximate surface area is 169 Å². The van der Waals surface area contributed by atoms with Gasteiger partial charge in [-0.2, -0.15) is 0 Å². The van der Waals surface area contributed by atoms with Crippen LogP contribution in [0.1, 0.15) is 69.9 Å². The van der Waals surface area contributed by atoms with Crippen molar-refractivity contribution < 1.29 is 13.2 Å². The molecular formula is C24H30O3S. The number of ketones is 1. The second-order valence-electron chi connectivity index (χ2n) is 8.71. The fourth-order valence-corrected chi connectivity index (χ4v) is 5.10. The molecule has 0 aliphatic heterocycles. The molecule has 0 amide bonds. The van der Waals surface area contributed by atoms with Gasteiger partial charge in [-0.1, -0.05) is 55.0 Å². The zero-order valence-electron chi connectivity index (χ0n) is 17.1. The van der Waals surface area contributed by atoms with Crippen molar-refractivity contribution in [3.63, 3.8) is 0 Å². The number of fused-ring (bicyclic) bond motifs is 3. The highest BCUT2D eigenvalue weighted by molar-refractivity contribution is 7.92. The van der Waals surface area contributed by atoms with E-state index in [0.717, 1.165) is 12.8 Å². The molecule has 4 heteroatoms. The fourth-order valence-electron chi connectivity index (χ4n) is 3.91. The van der Waals surface area contributed by atoms with E-state index in [4.69, 9.17) is 0 Å². The molecule has 3 rings (SSSR count). The first kappa shape index (κ1) is 20.8. The maximum atomic E-state index is 12.6. The van der Waals surface area contributed by atoms with Crippen LogP contribution in [0.2, 0.25) is 0 Å². The molecule has 0 atom stereocenters. The van der Waals surface area contributed by atoms with Crippen LogP contribution in [-0.4, -0.2) is 24.7 Å². The highest BCUT2D eigenvalue weighted by atomic mass is 32.2. The van der Waals surface area contributed by atoms with E-state index in [-0.39, 0.29) is 17.5 Å². The summed E-state index contributed by atoms with van der Waals surface area (Å²) in [6, 6.07) is 16.7. The number of sulfone groups is 1. The number of rotatable bonds is 8. The van der Waals surface area contributed by atoms with Gasteiger partial charge in [0.2, 0.25) is 0 Å². The topological polar surface area (TPSA) is 51.2 Å². The molecule has 2 aromatic carbocycles. The molecule has 0 spiro atoms. The van der Waals surface area contributed by atoms with Crippen molar-refractivity contribution in [2.45, 2.75) is 63.5 Å². The number of Topliss-reactive ketones (excluding diaryl/α,β-unsaturated/α-hetero) is 1. The molecule has 0 saturated heterocycles. The molecule has 0 aromatic heterocycles. The third-order valence-corrected chi connectivity index (χ3v) is 8.39. The van der Waals surface area contributed by atoms with Crippen molar-refractivity contribution in [3.05, 3.63) is 59.7 Å². The van der Waals surface area contributed by atoms with Crippen LogP contribution in [0.15, 0.2) is 48.5 Å². The number of unbranched alkanes of at least 4 members (excludes halogenated alkanes) is 2. The normalized spacial score (nSPS) is 14.0. The summed E-state index contributed by atoms with van der Waals surface area (Å²) < 4.78 is 23.6. The Morgan fingerprint density at radius 3 is 1.93 bits per heavy atom. The summed E-state index contributed by atoms with van der Waals surface area (Å²) >= 11 is 0. The van der Waals surface area contributed by atoms with Gasteiger partial charge in [-0.05, 0) is 55.9 Å². The van der Waals surface area contributed by atoms with Crippen molar-refractivity contribution in [1.82, 2.24) is 0 Å². The molecule has 3 nitrogen and oxygen atoms in total. The van der Waals surface area contributed by atoms with E-state index in [0.29, 0.717) is 19.3 Å². The van der Waals surface area contributed by atoms with Gasteiger partial charge in [0.1, 0.15) is 5.78 Å². The van der Waals surface area contributed by atoms with E-state index in [1.54, 1.807) is 20.8 Å². The highest BCUT2D eigenvalue weighted by Gasteiger charge is 2.30. The molecule has 0 saturated carbocycles. The van der Waals surface area contributed by atoms with Crippen LogP contribution in [0.25, 0.3) is 11.1 Å². The second kappa shape index (κ2) is 8.20. The van der Waals surface area contributed by atoms with Crippen LogP contribution in [-0.2, 0) is 14.6 Å². The summed E-state index contributed by atoms with van der Waals surface area (Å²) in [4.78, 5) is 12.6. The van der Waals surface area contributed by atoms with Crippen LogP contribution in [0.5, 0.6) is 0 Å². The first-order chi connectivity index (χ1) is 13.2. The number of carbonyl (C=O) groups excluding carboxylic acids is 1. The standard InChI is InChI=1S/C24H30O3S/c1-24(2,3)28(26,27)16-10-4-5-11-18(25)17-23-21-14-8-6-12-19(21)20-13-7-9-15-22(20)23/h6-9,12-15,23H,4-5,10-11,16-17H2,1-3H3. The quantitative estimate of drug-likeness (QED) is 0.549. The number of carbonyl (C=O) groups is 1. The van der Waals surface area contributed by atoms with Crippen LogP contribution in [0, 0.1) is 0 Å². The average molecular weight is 399 g/mol. The Morgan fingerprint density at radius 1 is 0.857 bits per heavy atom. The molecule has 0 heterocycles. The zero-order valence-corrected chi connectivity index (χ0v) is 17.9. The molecule has 0 bridgehead atoms. The molecule has 0 unspecified atom stereocenters. The lowest BCUT2D eigenvalue weighted by Crippen LogP contribution is -2.30. The molecule has 2 aromatic rings. The molecule has 1 aliphatic rings. The first-order valence-electron chi connectivity index (χ1n) is 10.1. The van der Waals surface area contributed by atoms with Gasteiger partial charge in [-0.25, -0.2) is 8.42 Å². The third kappa shape index (κ3) is 4.38. The van der Waals surface area contributed by atoms with Crippen molar-refractivity contribution in [3.8, 4) is 11.1 Å². The van der Waals surface area contributed by atoms with Gasteiger partial charge in [0, 0.05) is 18.8 Å². The van der Waals surface area contributed by atoms with Crippen LogP contribution in [0.4, 0.5) is 0 Å². The van der Waals surface area contributed by atoms with Gasteiger partial charge >= 0.3 is 0 Å². The second-order valence-corrected chi connectivity index (χ2v) is 11.6. The number of benzene rings is 2. The molecule has 28 heavy (non-hydrogen) atoms. The molecule has 0 N–H and O–H groups in total. The predicted molar refractivity (Wildman–Crippen MR) is 115 cm³/mol. The van der Waals surface area contributed by atoms with Gasteiger partial charge in [-0.15, -0.1) is 0 Å². The van der Waals surface area contributed by atoms with E-state index in [9.17, 15) is 13.2 Å². The lowest BCUT2D eigenvalue weighted by atomic mass is 9.90. The van der Waals surface area contributed by atoms with Gasteiger partial charge in [0.15, 0.2) is 9.84 Å². The third-order valence-electron chi connectivity index (χ3n) is 5.70. The van der Waals surface area contributed by atoms with E-state index in [1.165, 1.54) is 22.3 Å². The van der Waals surface area contributed by atoms with Crippen LogP contribution in [0.3, 0.4) is 0 Å². The monoisotopic (exact) mass is 398 g/mol. The Hall–Kier alpha value is -1.94. The maximum Gasteiger partial charge on any atom is 0.155 e. The lowest BCUT2D eigenvalue weighted by molar-refractivity contribution is -0.119. The van der Waals surface area contributed by atoms with E-state index >= 15 is 0 Å². The van der Waals surface area contributed by atoms with Crippen molar-refractivity contribution >= 4 is 15.6 Å². The molecule has 0 radical (unpaired) electrons. The summed E-state index contributed by atoms with van der Waals surface area (Å²) in [5, 5.41) is 0. The number of hydrogen-bond acceptors (Lipinski definition) is 3. The van der Waals surface area contributed by atoms with E-state index < -0.39 is 14.6 Å². The molecule has 0 fully saturated rings. The lowest BCUT2D eigenvalue weighted by Gasteiger charge is -2.18. The predicted octanol–water partition coefficient (Wildman–Crippen LogP) is 5.53. The van der Waals surface area contributed by atoms with Crippen LogP contribution >= 0.6 is 0 Å². The minimum Gasteiger partial charge on any atom is -0.300 e. The fraction of sp³-hybridized carbons (Fsp3) is 0.458. The smallest absolute Gasteiger partial charge is 0.155 e. The Bertz CT molecular complexity index is 906. The maximum absolute atomic E-state index is 12.6. The summed E-state index contributed by atoms with van der Waals surface area (Å²) in [5.41, 5.74) is 4.97. The van der Waals surface area contributed by atoms with Crippen LogP contribution < -0.4 is 0 Å². The molecule has 150 valence electrons. The minimum atomic E-state index is -3.07. The Kier molecular flexibility index (Phi) is 6.09. The zero-order chi connectivity index (χ0) is 20.4. The molecular weight excluding hydrogens is 368 g/mol. The Balaban J connectivity index is 1.54. The van der Waals surface area contributed by atoms with E-state index in [1.807, 2.05) is 24.3 Å². The van der Waals surface area contributed by atoms with Crippen molar-refractivity contribution in [2.24, 2.45) is 0 Å². The number of hydrogen-bond donors (Lipinski definition) is 0. The summed E-state index contributed by atoms with van der Waals surface area (Å²) in [7, 11) is -3.07. The highest BCUT2D eigenvalue weighted by Crippen LogP contribution is 2.46. The summed E-state index contributed by atoms with van der Waals surface area (Å²) in [6.45, 7) is 5.22. The molecule has 1 aliphatic carbocycles. The van der Waals surface area contributed by atoms with Crippen molar-refractivity contribution in [1.29, 1.82) is 0 Å². The van der Waals surface area contributed by atoms with Gasteiger partial charge in [0.05, 0.1) is 10.5 Å². The summed E-state index contributed by atoms with van der Waals surface area (Å²) in [5.74, 6) is 0.602.